The Hall–Kier alpha value is -0.210. The standard InChI is InChI=1S/C11H19NS/c1-5-13-11-6-7-12(9(2)3)8-10(11)4/h5,9H,1,6-8H2,2-4H3. The molecule has 0 unspecified atom stereocenters. The van der Waals surface area contributed by atoms with Gasteiger partial charge in [0.05, 0.1) is 0 Å². The van der Waals surface area contributed by atoms with Crippen molar-refractivity contribution >= 4 is 11.8 Å². The van der Waals surface area contributed by atoms with E-state index in [1.807, 2.05) is 5.41 Å². The quantitative estimate of drug-likeness (QED) is 0.683. The van der Waals surface area contributed by atoms with Crippen molar-refractivity contribution in [1.82, 2.24) is 4.90 Å². The summed E-state index contributed by atoms with van der Waals surface area (Å²) < 4.78 is 0. The molecule has 1 aliphatic heterocycles. The van der Waals surface area contributed by atoms with Crippen molar-refractivity contribution in [1.29, 1.82) is 0 Å². The van der Waals surface area contributed by atoms with E-state index in [2.05, 4.69) is 32.3 Å². The Morgan fingerprint density at radius 1 is 1.54 bits per heavy atom. The Bertz CT molecular complexity index is 218. The molecule has 1 aliphatic rings. The summed E-state index contributed by atoms with van der Waals surface area (Å²) >= 11 is 1.79. The molecule has 13 heavy (non-hydrogen) atoms. The van der Waals surface area contributed by atoms with Crippen LogP contribution in [-0.4, -0.2) is 24.0 Å². The maximum absolute atomic E-state index is 3.76. The summed E-state index contributed by atoms with van der Waals surface area (Å²) in [6.07, 6.45) is 1.20. The molecular formula is C11H19NS. The molecule has 1 heterocycles. The number of hydrogen-bond acceptors (Lipinski definition) is 2. The second-order valence-corrected chi connectivity index (χ2v) is 4.86. The zero-order valence-electron chi connectivity index (χ0n) is 8.84. The molecule has 0 saturated carbocycles. The third-order valence-electron chi connectivity index (χ3n) is 2.50. The highest BCUT2D eigenvalue weighted by molar-refractivity contribution is 8.05. The Kier molecular flexibility index (Phi) is 4.07. The zero-order chi connectivity index (χ0) is 9.84. The van der Waals surface area contributed by atoms with Crippen LogP contribution >= 0.6 is 11.8 Å². The second-order valence-electron chi connectivity index (χ2n) is 3.80. The van der Waals surface area contributed by atoms with E-state index in [0.29, 0.717) is 6.04 Å². The lowest BCUT2D eigenvalue weighted by molar-refractivity contribution is 0.235. The fourth-order valence-electron chi connectivity index (χ4n) is 1.63. The topological polar surface area (TPSA) is 3.24 Å². The first kappa shape index (κ1) is 10.9. The maximum atomic E-state index is 3.76. The zero-order valence-corrected chi connectivity index (χ0v) is 9.66. The van der Waals surface area contributed by atoms with E-state index < -0.39 is 0 Å². The van der Waals surface area contributed by atoms with Gasteiger partial charge in [-0.2, -0.15) is 0 Å². The van der Waals surface area contributed by atoms with E-state index in [0.717, 1.165) is 6.54 Å². The molecular weight excluding hydrogens is 178 g/mol. The third kappa shape index (κ3) is 2.89. The molecule has 0 spiro atoms. The van der Waals surface area contributed by atoms with Gasteiger partial charge in [0.2, 0.25) is 0 Å². The Morgan fingerprint density at radius 2 is 2.23 bits per heavy atom. The molecule has 0 amide bonds. The van der Waals surface area contributed by atoms with Crippen LogP contribution in [0.25, 0.3) is 0 Å². The number of nitrogens with zero attached hydrogens (tertiary/aromatic N) is 1. The average molecular weight is 197 g/mol. The minimum Gasteiger partial charge on any atom is -0.297 e. The second kappa shape index (κ2) is 4.87. The van der Waals surface area contributed by atoms with Crippen LogP contribution in [0, 0.1) is 0 Å². The van der Waals surface area contributed by atoms with Crippen LogP contribution in [0.1, 0.15) is 27.2 Å². The van der Waals surface area contributed by atoms with Crippen molar-refractivity contribution in [3.63, 3.8) is 0 Å². The van der Waals surface area contributed by atoms with Gasteiger partial charge in [0, 0.05) is 19.1 Å². The van der Waals surface area contributed by atoms with E-state index in [1.54, 1.807) is 11.8 Å². The van der Waals surface area contributed by atoms with E-state index in [1.165, 1.54) is 23.4 Å². The van der Waals surface area contributed by atoms with Crippen molar-refractivity contribution < 1.29 is 0 Å². The third-order valence-corrected chi connectivity index (χ3v) is 3.50. The van der Waals surface area contributed by atoms with Crippen LogP contribution in [0.5, 0.6) is 0 Å². The van der Waals surface area contributed by atoms with Gasteiger partial charge in [0.25, 0.3) is 0 Å². The molecule has 0 aliphatic carbocycles. The number of rotatable bonds is 3. The molecule has 74 valence electrons. The molecule has 0 fully saturated rings. The van der Waals surface area contributed by atoms with Crippen molar-refractivity contribution in [2.75, 3.05) is 13.1 Å². The monoisotopic (exact) mass is 197 g/mol. The fraction of sp³-hybridized carbons (Fsp3) is 0.636. The summed E-state index contributed by atoms with van der Waals surface area (Å²) in [5.74, 6) is 0. The summed E-state index contributed by atoms with van der Waals surface area (Å²) in [5.41, 5.74) is 1.52. The highest BCUT2D eigenvalue weighted by Gasteiger charge is 2.17. The lowest BCUT2D eigenvalue weighted by Gasteiger charge is -2.32. The minimum absolute atomic E-state index is 0.672. The molecule has 1 rings (SSSR count). The first-order valence-corrected chi connectivity index (χ1v) is 5.73. The van der Waals surface area contributed by atoms with Gasteiger partial charge >= 0.3 is 0 Å². The molecule has 0 saturated heterocycles. The maximum Gasteiger partial charge on any atom is 0.0203 e. The van der Waals surface area contributed by atoms with Crippen molar-refractivity contribution in [3.8, 4) is 0 Å². The lowest BCUT2D eigenvalue weighted by Crippen LogP contribution is -2.36. The predicted molar refractivity (Wildman–Crippen MR) is 61.8 cm³/mol. The predicted octanol–water partition coefficient (Wildman–Crippen LogP) is 3.25. The normalized spacial score (nSPS) is 19.7. The summed E-state index contributed by atoms with van der Waals surface area (Å²) in [5, 5.41) is 1.93. The van der Waals surface area contributed by atoms with Gasteiger partial charge < -0.3 is 0 Å². The van der Waals surface area contributed by atoms with Gasteiger partial charge in [0.15, 0.2) is 0 Å². The molecule has 0 atom stereocenters. The summed E-state index contributed by atoms with van der Waals surface area (Å²) in [6, 6.07) is 0.672. The number of thioether (sulfide) groups is 1. The summed E-state index contributed by atoms with van der Waals surface area (Å²) in [7, 11) is 0. The highest BCUT2D eigenvalue weighted by Crippen LogP contribution is 2.28. The van der Waals surface area contributed by atoms with Gasteiger partial charge in [0.1, 0.15) is 0 Å². The van der Waals surface area contributed by atoms with E-state index in [4.69, 9.17) is 0 Å². The number of hydrogen-bond donors (Lipinski definition) is 0. The Morgan fingerprint density at radius 3 is 2.69 bits per heavy atom. The smallest absolute Gasteiger partial charge is 0.0203 e. The van der Waals surface area contributed by atoms with Crippen molar-refractivity contribution in [2.45, 2.75) is 33.2 Å². The van der Waals surface area contributed by atoms with Gasteiger partial charge in [-0.25, -0.2) is 0 Å². The van der Waals surface area contributed by atoms with Gasteiger partial charge in [-0.1, -0.05) is 6.58 Å². The van der Waals surface area contributed by atoms with Gasteiger partial charge in [-0.3, -0.25) is 4.90 Å². The molecule has 0 bridgehead atoms. The van der Waals surface area contributed by atoms with E-state index in [9.17, 15) is 0 Å². The van der Waals surface area contributed by atoms with E-state index in [-0.39, 0.29) is 0 Å². The van der Waals surface area contributed by atoms with Crippen LogP contribution in [0.15, 0.2) is 22.5 Å². The minimum atomic E-state index is 0.672. The summed E-state index contributed by atoms with van der Waals surface area (Å²) in [4.78, 5) is 4.04. The van der Waals surface area contributed by atoms with Crippen molar-refractivity contribution in [3.05, 3.63) is 22.5 Å². The lowest BCUT2D eigenvalue weighted by atomic mass is 10.1. The largest absolute Gasteiger partial charge is 0.297 e. The Balaban J connectivity index is 2.60. The average Bonchev–Trinajstić information content (AvgIpc) is 2.08. The molecule has 0 N–H and O–H groups in total. The first-order chi connectivity index (χ1) is 6.15. The fourth-order valence-corrected chi connectivity index (χ4v) is 2.31. The van der Waals surface area contributed by atoms with E-state index >= 15 is 0 Å². The van der Waals surface area contributed by atoms with Crippen LogP contribution in [0.2, 0.25) is 0 Å². The molecule has 0 aromatic heterocycles. The Labute approximate surface area is 85.9 Å². The van der Waals surface area contributed by atoms with Crippen LogP contribution < -0.4 is 0 Å². The van der Waals surface area contributed by atoms with Crippen LogP contribution in [-0.2, 0) is 0 Å². The van der Waals surface area contributed by atoms with Crippen LogP contribution in [0.4, 0.5) is 0 Å². The van der Waals surface area contributed by atoms with Gasteiger partial charge in [-0.05, 0) is 43.1 Å². The SMILES string of the molecule is C=CSC1=C(C)CN(C(C)C)CC1. The molecule has 1 nitrogen and oxygen atoms in total. The highest BCUT2D eigenvalue weighted by atomic mass is 32.2. The first-order valence-electron chi connectivity index (χ1n) is 4.85. The van der Waals surface area contributed by atoms with Gasteiger partial charge in [-0.15, -0.1) is 11.8 Å². The molecule has 0 aromatic rings. The summed E-state index contributed by atoms with van der Waals surface area (Å²) in [6.45, 7) is 12.9. The molecule has 0 aromatic carbocycles. The molecule has 2 heteroatoms. The van der Waals surface area contributed by atoms with Crippen LogP contribution in [0.3, 0.4) is 0 Å². The van der Waals surface area contributed by atoms with Crippen molar-refractivity contribution in [2.24, 2.45) is 0 Å². The molecule has 0 radical (unpaired) electrons.